The normalized spacial score (nSPS) is 20.1. The molecular formula is C20H28N4OS2. The molecule has 3 heterocycles. The van der Waals surface area contributed by atoms with Crippen molar-refractivity contribution < 1.29 is 4.79 Å². The number of aryl methyl sites for hydroxylation is 1. The molecule has 0 aromatic carbocycles. The molecule has 1 atom stereocenters. The Morgan fingerprint density at radius 2 is 2.19 bits per heavy atom. The zero-order valence-corrected chi connectivity index (χ0v) is 17.8. The van der Waals surface area contributed by atoms with Crippen LogP contribution in [-0.4, -0.2) is 63.2 Å². The zero-order valence-electron chi connectivity index (χ0n) is 16.2. The third-order valence-electron chi connectivity index (χ3n) is 5.76. The summed E-state index contributed by atoms with van der Waals surface area (Å²) in [4.78, 5) is 17.6. The Labute approximate surface area is 169 Å². The fraction of sp³-hybridized carbons (Fsp3) is 0.600. The van der Waals surface area contributed by atoms with Gasteiger partial charge in [-0.1, -0.05) is 0 Å². The number of hydrogen-bond acceptors (Lipinski definition) is 5. The average molecular weight is 405 g/mol. The summed E-state index contributed by atoms with van der Waals surface area (Å²) >= 11 is 3.68. The lowest BCUT2D eigenvalue weighted by atomic mass is 9.90. The number of fused-ring (bicyclic) bond motifs is 1. The molecule has 27 heavy (non-hydrogen) atoms. The fourth-order valence-electron chi connectivity index (χ4n) is 4.19. The van der Waals surface area contributed by atoms with Crippen LogP contribution in [0.5, 0.6) is 0 Å². The van der Waals surface area contributed by atoms with Crippen LogP contribution in [0.2, 0.25) is 0 Å². The van der Waals surface area contributed by atoms with Gasteiger partial charge in [0.2, 0.25) is 0 Å². The molecule has 0 spiro atoms. The minimum absolute atomic E-state index is 0.139. The van der Waals surface area contributed by atoms with E-state index in [0.29, 0.717) is 11.7 Å². The van der Waals surface area contributed by atoms with Gasteiger partial charge in [0.05, 0.1) is 0 Å². The summed E-state index contributed by atoms with van der Waals surface area (Å²) in [5, 5.41) is 9.12. The highest BCUT2D eigenvalue weighted by Crippen LogP contribution is 2.29. The first-order valence-corrected chi connectivity index (χ1v) is 11.9. The van der Waals surface area contributed by atoms with Gasteiger partial charge in [0.25, 0.3) is 5.91 Å². The lowest BCUT2D eigenvalue weighted by Crippen LogP contribution is -2.40. The van der Waals surface area contributed by atoms with Crippen molar-refractivity contribution in [3.63, 3.8) is 0 Å². The molecule has 0 unspecified atom stereocenters. The van der Waals surface area contributed by atoms with E-state index in [1.54, 1.807) is 11.3 Å². The van der Waals surface area contributed by atoms with E-state index in [1.807, 2.05) is 16.7 Å². The lowest BCUT2D eigenvalue weighted by Gasteiger charge is -2.32. The number of hydrogen-bond donors (Lipinski definition) is 0. The van der Waals surface area contributed by atoms with Crippen LogP contribution < -0.4 is 0 Å². The number of likely N-dealkylation sites (N-methyl/N-ethyl adjacent to an activating group) is 1. The molecule has 2 aromatic heterocycles. The molecule has 1 aliphatic carbocycles. The lowest BCUT2D eigenvalue weighted by molar-refractivity contribution is 0.0763. The SMILES string of the molecule is CCn1nc(C(=O)N2CCSCC2)c2c1CC[C@H](N(C)Cc1ccsc1)C2. The molecule has 2 aromatic rings. The molecule has 146 valence electrons. The molecule has 1 aliphatic heterocycles. The maximum Gasteiger partial charge on any atom is 0.274 e. The van der Waals surface area contributed by atoms with Crippen molar-refractivity contribution in [3.05, 3.63) is 39.3 Å². The highest BCUT2D eigenvalue weighted by molar-refractivity contribution is 7.99. The van der Waals surface area contributed by atoms with Crippen molar-refractivity contribution in [1.29, 1.82) is 0 Å². The van der Waals surface area contributed by atoms with Crippen molar-refractivity contribution in [3.8, 4) is 0 Å². The summed E-state index contributed by atoms with van der Waals surface area (Å²) in [6, 6.07) is 2.67. The maximum absolute atomic E-state index is 13.2. The predicted molar refractivity (Wildman–Crippen MR) is 113 cm³/mol. The monoisotopic (exact) mass is 404 g/mol. The Morgan fingerprint density at radius 1 is 1.37 bits per heavy atom. The predicted octanol–water partition coefficient (Wildman–Crippen LogP) is 3.14. The Morgan fingerprint density at radius 3 is 2.89 bits per heavy atom. The van der Waals surface area contributed by atoms with E-state index in [0.717, 1.165) is 56.9 Å². The van der Waals surface area contributed by atoms with Crippen LogP contribution in [0.25, 0.3) is 0 Å². The first-order chi connectivity index (χ1) is 13.2. The van der Waals surface area contributed by atoms with Gasteiger partial charge in [-0.05, 0) is 55.6 Å². The molecule has 4 rings (SSSR count). The number of carbonyl (C=O) groups excluding carboxylic acids is 1. The standard InChI is InChI=1S/C20H28N4OS2/c1-3-24-18-5-4-16(22(2)13-15-6-9-27-14-15)12-17(18)19(21-24)20(25)23-7-10-26-11-8-23/h6,9,14,16H,3-5,7-8,10-13H2,1-2H3/t16-/m0/s1. The largest absolute Gasteiger partial charge is 0.336 e. The minimum Gasteiger partial charge on any atom is -0.336 e. The minimum atomic E-state index is 0.139. The summed E-state index contributed by atoms with van der Waals surface area (Å²) in [5.41, 5.74) is 4.58. The van der Waals surface area contributed by atoms with Crippen molar-refractivity contribution in [2.75, 3.05) is 31.6 Å². The molecule has 1 amide bonds. The summed E-state index contributed by atoms with van der Waals surface area (Å²) in [6.45, 7) is 5.62. The third kappa shape index (κ3) is 3.96. The average Bonchev–Trinajstić information content (AvgIpc) is 3.35. The van der Waals surface area contributed by atoms with Crippen molar-refractivity contribution in [2.45, 2.75) is 45.3 Å². The van der Waals surface area contributed by atoms with Gasteiger partial charge >= 0.3 is 0 Å². The van der Waals surface area contributed by atoms with E-state index >= 15 is 0 Å². The second-order valence-electron chi connectivity index (χ2n) is 7.44. The summed E-state index contributed by atoms with van der Waals surface area (Å²) in [7, 11) is 2.21. The molecule has 5 nitrogen and oxygen atoms in total. The number of nitrogens with zero attached hydrogens (tertiary/aromatic N) is 4. The number of thioether (sulfide) groups is 1. The van der Waals surface area contributed by atoms with E-state index in [1.165, 1.54) is 16.8 Å². The van der Waals surface area contributed by atoms with Gasteiger partial charge in [-0.15, -0.1) is 0 Å². The third-order valence-corrected chi connectivity index (χ3v) is 7.43. The van der Waals surface area contributed by atoms with Crippen LogP contribution in [0, 0.1) is 0 Å². The second kappa shape index (κ2) is 8.37. The van der Waals surface area contributed by atoms with Crippen LogP contribution in [-0.2, 0) is 25.9 Å². The summed E-state index contributed by atoms with van der Waals surface area (Å²) in [5.74, 6) is 2.21. The number of rotatable bonds is 5. The first kappa shape index (κ1) is 19.0. The number of aromatic nitrogens is 2. The molecule has 7 heteroatoms. The molecule has 1 saturated heterocycles. The zero-order chi connectivity index (χ0) is 18.8. The fourth-order valence-corrected chi connectivity index (χ4v) is 5.76. The molecule has 0 N–H and O–H groups in total. The van der Waals surface area contributed by atoms with Crippen LogP contribution >= 0.6 is 23.1 Å². The highest BCUT2D eigenvalue weighted by atomic mass is 32.2. The highest BCUT2D eigenvalue weighted by Gasteiger charge is 2.32. The van der Waals surface area contributed by atoms with Crippen LogP contribution in [0.4, 0.5) is 0 Å². The van der Waals surface area contributed by atoms with Crippen LogP contribution in [0.1, 0.15) is 40.7 Å². The smallest absolute Gasteiger partial charge is 0.274 e. The molecule has 0 saturated carbocycles. The van der Waals surface area contributed by atoms with Gasteiger partial charge in [-0.2, -0.15) is 28.2 Å². The second-order valence-corrected chi connectivity index (χ2v) is 9.44. The van der Waals surface area contributed by atoms with Gasteiger partial charge in [-0.3, -0.25) is 14.4 Å². The first-order valence-electron chi connectivity index (χ1n) is 9.84. The number of amides is 1. The maximum atomic E-state index is 13.2. The molecule has 2 aliphatic rings. The van der Waals surface area contributed by atoms with Crippen molar-refractivity contribution >= 4 is 29.0 Å². The Balaban J connectivity index is 1.55. The van der Waals surface area contributed by atoms with Crippen LogP contribution in [0.15, 0.2) is 16.8 Å². The van der Waals surface area contributed by atoms with E-state index in [4.69, 9.17) is 5.10 Å². The van der Waals surface area contributed by atoms with Crippen molar-refractivity contribution in [1.82, 2.24) is 19.6 Å². The molecule has 0 bridgehead atoms. The van der Waals surface area contributed by atoms with Gasteiger partial charge in [0.1, 0.15) is 0 Å². The molecule has 0 radical (unpaired) electrons. The van der Waals surface area contributed by atoms with Gasteiger partial charge in [0, 0.05) is 55.0 Å². The Hall–Kier alpha value is -1.31. The van der Waals surface area contributed by atoms with Gasteiger partial charge in [-0.25, -0.2) is 0 Å². The van der Waals surface area contributed by atoms with Gasteiger partial charge < -0.3 is 4.90 Å². The molecular weight excluding hydrogens is 376 g/mol. The van der Waals surface area contributed by atoms with Gasteiger partial charge in [0.15, 0.2) is 5.69 Å². The number of carbonyl (C=O) groups is 1. The van der Waals surface area contributed by atoms with E-state index < -0.39 is 0 Å². The van der Waals surface area contributed by atoms with E-state index in [9.17, 15) is 4.79 Å². The van der Waals surface area contributed by atoms with Crippen molar-refractivity contribution in [2.24, 2.45) is 0 Å². The quantitative estimate of drug-likeness (QED) is 0.768. The van der Waals surface area contributed by atoms with Crippen LogP contribution in [0.3, 0.4) is 0 Å². The Kier molecular flexibility index (Phi) is 5.90. The summed E-state index contributed by atoms with van der Waals surface area (Å²) < 4.78 is 2.07. The Bertz CT molecular complexity index is 780. The number of thiophene rings is 1. The molecule has 1 fully saturated rings. The topological polar surface area (TPSA) is 41.4 Å². The van der Waals surface area contributed by atoms with E-state index in [-0.39, 0.29) is 5.91 Å². The summed E-state index contributed by atoms with van der Waals surface area (Å²) in [6.07, 6.45) is 3.07. The van der Waals surface area contributed by atoms with E-state index in [2.05, 4.69) is 40.4 Å².